The molecule has 0 fully saturated rings. The number of rotatable bonds is 7. The third-order valence-corrected chi connectivity index (χ3v) is 6.84. The molecule has 152 valence electrons. The molecule has 0 spiro atoms. The summed E-state index contributed by atoms with van der Waals surface area (Å²) < 4.78 is 23.7. The molecule has 6 heteroatoms. The molecule has 2 aromatic carbocycles. The van der Waals surface area contributed by atoms with Crippen LogP contribution < -0.4 is 15.0 Å². The molecule has 0 radical (unpaired) electrons. The van der Waals surface area contributed by atoms with Gasteiger partial charge in [0.2, 0.25) is 0 Å². The van der Waals surface area contributed by atoms with Crippen molar-refractivity contribution in [1.82, 2.24) is 5.32 Å². The largest absolute Gasteiger partial charge is 0.468 e. The Balaban J connectivity index is 1.49. The first-order chi connectivity index (χ1) is 14.1. The highest BCUT2D eigenvalue weighted by Gasteiger charge is 2.29. The van der Waals surface area contributed by atoms with Gasteiger partial charge in [-0.15, -0.1) is 0 Å². The van der Waals surface area contributed by atoms with Crippen LogP contribution in [0.25, 0.3) is 0 Å². The zero-order valence-corrected chi connectivity index (χ0v) is 17.8. The van der Waals surface area contributed by atoms with Crippen LogP contribution in [0.4, 0.5) is 11.4 Å². The highest BCUT2D eigenvalue weighted by Crippen LogP contribution is 2.44. The zero-order chi connectivity index (χ0) is 20.4. The number of methoxy groups -OCH3 is 1. The van der Waals surface area contributed by atoms with Crippen molar-refractivity contribution in [3.63, 3.8) is 0 Å². The maximum atomic E-state index is 13.1. The number of fused-ring (bicyclic) bond motifs is 2. The van der Waals surface area contributed by atoms with Gasteiger partial charge in [0.15, 0.2) is 0 Å². The first-order valence-electron chi connectivity index (χ1n) is 9.82. The van der Waals surface area contributed by atoms with Gasteiger partial charge in [0, 0.05) is 12.6 Å². The SMILES string of the molecule is COc1ccc(CNCCCN2c3ccccc3S(=O)c3ccc(C)c(C)c32)o1. The van der Waals surface area contributed by atoms with E-state index in [0.717, 1.165) is 46.4 Å². The summed E-state index contributed by atoms with van der Waals surface area (Å²) in [6.45, 7) is 6.59. The van der Waals surface area contributed by atoms with E-state index in [4.69, 9.17) is 9.15 Å². The van der Waals surface area contributed by atoms with Crippen LogP contribution in [0.1, 0.15) is 23.3 Å². The molecule has 1 aliphatic rings. The first kappa shape index (κ1) is 19.7. The number of hydrogen-bond acceptors (Lipinski definition) is 5. The van der Waals surface area contributed by atoms with Gasteiger partial charge in [-0.2, -0.15) is 0 Å². The highest BCUT2D eigenvalue weighted by atomic mass is 32.2. The normalized spacial score (nSPS) is 15.1. The topological polar surface area (TPSA) is 54.7 Å². The second-order valence-electron chi connectivity index (χ2n) is 7.20. The van der Waals surface area contributed by atoms with Crippen LogP contribution in [0.3, 0.4) is 0 Å². The number of aryl methyl sites for hydroxylation is 1. The predicted molar refractivity (Wildman–Crippen MR) is 116 cm³/mol. The molecule has 0 saturated heterocycles. The molecular formula is C23H26N2O3S. The number of furan rings is 1. The summed E-state index contributed by atoms with van der Waals surface area (Å²) in [5, 5.41) is 3.43. The lowest BCUT2D eigenvalue weighted by Crippen LogP contribution is -2.28. The monoisotopic (exact) mass is 410 g/mol. The van der Waals surface area contributed by atoms with Gasteiger partial charge >= 0.3 is 0 Å². The molecule has 0 saturated carbocycles. The van der Waals surface area contributed by atoms with Crippen molar-refractivity contribution < 1.29 is 13.4 Å². The number of ether oxygens (including phenoxy) is 1. The molecule has 29 heavy (non-hydrogen) atoms. The average molecular weight is 411 g/mol. The molecule has 2 heterocycles. The van der Waals surface area contributed by atoms with Crippen molar-refractivity contribution >= 4 is 22.2 Å². The molecule has 1 N–H and O–H groups in total. The van der Waals surface area contributed by atoms with Crippen LogP contribution in [-0.2, 0) is 17.3 Å². The van der Waals surface area contributed by atoms with Gasteiger partial charge in [0.1, 0.15) is 5.76 Å². The minimum absolute atomic E-state index is 0.530. The molecule has 3 aromatic rings. The van der Waals surface area contributed by atoms with E-state index in [9.17, 15) is 4.21 Å². The van der Waals surface area contributed by atoms with E-state index in [1.807, 2.05) is 36.4 Å². The number of nitrogens with zero attached hydrogens (tertiary/aromatic N) is 1. The average Bonchev–Trinajstić information content (AvgIpc) is 3.20. The van der Waals surface area contributed by atoms with Gasteiger partial charge in [0.05, 0.1) is 45.6 Å². The lowest BCUT2D eigenvalue weighted by atomic mass is 10.1. The molecule has 4 rings (SSSR count). The third-order valence-electron chi connectivity index (χ3n) is 5.36. The molecule has 0 aliphatic carbocycles. The van der Waals surface area contributed by atoms with E-state index in [-0.39, 0.29) is 0 Å². The summed E-state index contributed by atoms with van der Waals surface area (Å²) in [5.41, 5.74) is 4.55. The third kappa shape index (κ3) is 3.82. The number of hydrogen-bond donors (Lipinski definition) is 1. The van der Waals surface area contributed by atoms with E-state index in [1.54, 1.807) is 7.11 Å². The van der Waals surface area contributed by atoms with Crippen LogP contribution in [-0.4, -0.2) is 24.4 Å². The van der Waals surface area contributed by atoms with Crippen molar-refractivity contribution in [2.75, 3.05) is 25.1 Å². The summed E-state index contributed by atoms with van der Waals surface area (Å²) in [6, 6.07) is 15.8. The van der Waals surface area contributed by atoms with E-state index < -0.39 is 10.8 Å². The fourth-order valence-corrected chi connectivity index (χ4v) is 5.14. The number of benzene rings is 2. The van der Waals surface area contributed by atoms with Gasteiger partial charge < -0.3 is 19.4 Å². The van der Waals surface area contributed by atoms with Crippen molar-refractivity contribution in [1.29, 1.82) is 0 Å². The molecule has 5 nitrogen and oxygen atoms in total. The van der Waals surface area contributed by atoms with Gasteiger partial charge in [-0.05, 0) is 62.2 Å². The maximum Gasteiger partial charge on any atom is 0.284 e. The van der Waals surface area contributed by atoms with Crippen molar-refractivity contribution in [2.45, 2.75) is 36.6 Å². The summed E-state index contributed by atoms with van der Waals surface area (Å²) in [4.78, 5) is 4.12. The van der Waals surface area contributed by atoms with Gasteiger partial charge in [-0.25, -0.2) is 4.21 Å². The van der Waals surface area contributed by atoms with Gasteiger partial charge in [-0.3, -0.25) is 0 Å². The second-order valence-corrected chi connectivity index (χ2v) is 8.61. The molecule has 1 aromatic heterocycles. The summed E-state index contributed by atoms with van der Waals surface area (Å²) in [5.74, 6) is 1.39. The Morgan fingerprint density at radius 3 is 2.69 bits per heavy atom. The Kier molecular flexibility index (Phi) is 5.74. The van der Waals surface area contributed by atoms with Crippen molar-refractivity contribution in [3.05, 3.63) is 65.4 Å². The second kappa shape index (κ2) is 8.43. The minimum Gasteiger partial charge on any atom is -0.468 e. The quantitative estimate of drug-likeness (QED) is 0.572. The van der Waals surface area contributed by atoms with Crippen LogP contribution in [0, 0.1) is 13.8 Å². The van der Waals surface area contributed by atoms with E-state index in [2.05, 4.69) is 36.2 Å². The maximum absolute atomic E-state index is 13.1. The lowest BCUT2D eigenvalue weighted by molar-refractivity contribution is 0.292. The molecule has 1 unspecified atom stereocenters. The lowest BCUT2D eigenvalue weighted by Gasteiger charge is -2.34. The van der Waals surface area contributed by atoms with Gasteiger partial charge in [-0.1, -0.05) is 18.2 Å². The molecule has 0 amide bonds. The Labute approximate surface area is 174 Å². The standard InChI is InChI=1S/C23H26N2O3S/c1-16-9-11-21-23(17(16)2)25(19-7-4-5-8-20(19)29(21)26)14-6-13-24-15-18-10-12-22(27-3)28-18/h4-5,7-12,24H,6,13-15H2,1-3H3. The van der Waals surface area contributed by atoms with Crippen LogP contribution in [0.15, 0.2) is 62.7 Å². The molecule has 0 bridgehead atoms. The summed E-state index contributed by atoms with van der Waals surface area (Å²) in [7, 11) is 0.455. The number of anilines is 2. The van der Waals surface area contributed by atoms with Crippen LogP contribution >= 0.6 is 0 Å². The Bertz CT molecular complexity index is 1040. The zero-order valence-electron chi connectivity index (χ0n) is 17.0. The number of nitrogens with one attached hydrogen (secondary N) is 1. The Hall–Kier alpha value is -2.57. The Morgan fingerprint density at radius 1 is 1.07 bits per heavy atom. The van der Waals surface area contributed by atoms with E-state index in [1.165, 1.54) is 11.1 Å². The summed E-state index contributed by atoms with van der Waals surface area (Å²) in [6.07, 6.45) is 0.950. The first-order valence-corrected chi connectivity index (χ1v) is 11.0. The fourth-order valence-electron chi connectivity index (χ4n) is 3.71. The predicted octanol–water partition coefficient (Wildman–Crippen LogP) is 4.70. The molecular weight excluding hydrogens is 384 g/mol. The molecule has 1 atom stereocenters. The van der Waals surface area contributed by atoms with E-state index in [0.29, 0.717) is 12.5 Å². The minimum atomic E-state index is -1.14. The van der Waals surface area contributed by atoms with Gasteiger partial charge in [0.25, 0.3) is 5.95 Å². The smallest absolute Gasteiger partial charge is 0.284 e. The highest BCUT2D eigenvalue weighted by molar-refractivity contribution is 7.85. The Morgan fingerprint density at radius 2 is 1.90 bits per heavy atom. The summed E-state index contributed by atoms with van der Waals surface area (Å²) >= 11 is 0. The van der Waals surface area contributed by atoms with Crippen LogP contribution in [0.2, 0.25) is 0 Å². The van der Waals surface area contributed by atoms with Crippen LogP contribution in [0.5, 0.6) is 5.95 Å². The van der Waals surface area contributed by atoms with Crippen molar-refractivity contribution in [2.24, 2.45) is 0 Å². The molecule has 1 aliphatic heterocycles. The fraction of sp³-hybridized carbons (Fsp3) is 0.304. The van der Waals surface area contributed by atoms with Crippen molar-refractivity contribution in [3.8, 4) is 5.95 Å². The number of para-hydroxylation sites is 1. The van der Waals surface area contributed by atoms with E-state index >= 15 is 0 Å².